The number of carboxylic acids is 1. The van der Waals surface area contributed by atoms with E-state index in [0.29, 0.717) is 38.0 Å². The van der Waals surface area contributed by atoms with E-state index < -0.39 is 83.9 Å². The average Bonchev–Trinajstić information content (AvgIpc) is 3.70. The fourth-order valence-corrected chi connectivity index (χ4v) is 7.91. The number of nitrogens with two attached hydrogens (primary N) is 1. The molecule has 6 N–H and O–H groups in total. The lowest BCUT2D eigenvalue weighted by atomic mass is 9.71. The van der Waals surface area contributed by atoms with E-state index in [4.69, 9.17) is 15.6 Å². The molecular formula is C45H73N5O10. The topological polar surface area (TPSA) is 220 Å². The Bertz CT molecular complexity index is 1660. The summed E-state index contributed by atoms with van der Waals surface area (Å²) in [6, 6.07) is 2.86. The number of Topliss-reactive ketones (excluding diaryl/α,β-unsaturated/α-hetero) is 1. The number of amides is 4. The van der Waals surface area contributed by atoms with E-state index in [-0.39, 0.29) is 41.9 Å². The van der Waals surface area contributed by atoms with Crippen LogP contribution in [0.4, 0.5) is 0 Å². The van der Waals surface area contributed by atoms with Crippen molar-refractivity contribution in [3.8, 4) is 5.75 Å². The summed E-state index contributed by atoms with van der Waals surface area (Å²) in [5.74, 6) is -4.17. The Balaban J connectivity index is 2.22. The van der Waals surface area contributed by atoms with E-state index in [1.54, 1.807) is 45.0 Å². The molecule has 1 aliphatic rings. The van der Waals surface area contributed by atoms with Crippen LogP contribution in [0, 0.1) is 29.1 Å². The zero-order chi connectivity index (χ0) is 45.8. The highest BCUT2D eigenvalue weighted by atomic mass is 16.5. The van der Waals surface area contributed by atoms with Crippen LogP contribution in [-0.4, -0.2) is 136 Å². The molecule has 338 valence electrons. The maximum absolute atomic E-state index is 14.6. The number of nitrogens with zero attached hydrogens (tertiary/aromatic N) is 3. The Kier molecular flexibility index (Phi) is 19.9. The average molecular weight is 844 g/mol. The maximum Gasteiger partial charge on any atom is 0.331 e. The van der Waals surface area contributed by atoms with Crippen molar-refractivity contribution >= 4 is 35.4 Å². The zero-order valence-electron chi connectivity index (χ0n) is 37.9. The van der Waals surface area contributed by atoms with Gasteiger partial charge in [0.15, 0.2) is 5.78 Å². The second kappa shape index (κ2) is 23.0. The number of likely N-dealkylation sites (tertiary alicyclic amines) is 1. The Morgan fingerprint density at radius 2 is 1.60 bits per heavy atom. The molecule has 1 aromatic carbocycles. The number of aliphatic hydroxyl groups is 2. The number of ketones is 1. The molecule has 0 aliphatic carbocycles. The first-order chi connectivity index (χ1) is 27.9. The number of rotatable bonds is 22. The highest BCUT2D eigenvalue weighted by Crippen LogP contribution is 2.37. The van der Waals surface area contributed by atoms with Crippen LogP contribution in [0.25, 0.3) is 0 Å². The van der Waals surface area contributed by atoms with E-state index >= 15 is 0 Å². The Hall–Kier alpha value is -4.34. The quantitative estimate of drug-likeness (QED) is 0.107. The van der Waals surface area contributed by atoms with Crippen LogP contribution >= 0.6 is 0 Å². The molecule has 15 nitrogen and oxygen atoms in total. The van der Waals surface area contributed by atoms with Crippen molar-refractivity contribution in [2.75, 3.05) is 34.4 Å². The number of carbonyl (C=O) groups excluding carboxylic acids is 5. The summed E-state index contributed by atoms with van der Waals surface area (Å²) < 4.78 is 5.21. The van der Waals surface area contributed by atoms with Crippen LogP contribution < -0.4 is 15.8 Å². The van der Waals surface area contributed by atoms with Crippen LogP contribution in [0.3, 0.4) is 0 Å². The molecule has 1 saturated heterocycles. The predicted octanol–water partition coefficient (Wildman–Crippen LogP) is 3.43. The molecule has 0 spiro atoms. The van der Waals surface area contributed by atoms with Gasteiger partial charge in [-0.15, -0.1) is 0 Å². The first-order valence-electron chi connectivity index (χ1n) is 21.2. The van der Waals surface area contributed by atoms with Gasteiger partial charge in [0.05, 0.1) is 43.9 Å². The number of hydrogen-bond donors (Lipinski definition) is 5. The largest absolute Gasteiger partial charge is 0.497 e. The molecule has 0 saturated carbocycles. The van der Waals surface area contributed by atoms with E-state index in [0.717, 1.165) is 5.56 Å². The summed E-state index contributed by atoms with van der Waals surface area (Å²) in [6.07, 6.45) is 2.65. The molecule has 0 aromatic heterocycles. The van der Waals surface area contributed by atoms with Gasteiger partial charge in [-0.3, -0.25) is 24.0 Å². The molecule has 60 heavy (non-hydrogen) atoms. The Morgan fingerprint density at radius 1 is 1.00 bits per heavy atom. The fraction of sp³-hybridized carbons (Fsp3) is 0.689. The van der Waals surface area contributed by atoms with Gasteiger partial charge >= 0.3 is 5.97 Å². The fourth-order valence-electron chi connectivity index (χ4n) is 7.91. The number of methoxy groups -OCH3 is 1. The standard InChI is InChI=1S/C45H73N5O10/c1-13-27(3)38(49(11)41(55)30(6)48(10)42(56)35(46)24-31-16-18-33(60-12)19-17-31)43(57)50-20-14-15-36(50)39(53)34(45(7,8)9)21-26(2)22-37(52)29(5)40(54)47-32(25-51)23-28(4)44(58)59/h16-19,23,26-27,29-30,32,34-38,51-52H,13-15,20-22,24-25,46H2,1-12H3,(H,47,54)(H,58,59)/b28-23+/t26-,27-,29-,30-,32-,34+,35-,36-,37-,38-/m0/s1. The molecule has 2 rings (SSSR count). The lowest BCUT2D eigenvalue weighted by molar-refractivity contribution is -0.153. The highest BCUT2D eigenvalue weighted by Gasteiger charge is 2.46. The molecule has 1 aliphatic heterocycles. The van der Waals surface area contributed by atoms with Gasteiger partial charge in [0.2, 0.25) is 23.6 Å². The van der Waals surface area contributed by atoms with E-state index in [1.165, 1.54) is 29.8 Å². The minimum absolute atomic E-state index is 0.0403. The SMILES string of the molecule is CC[C@H](C)[C@@H](C(=O)N1CCC[C@H]1C(=O)[C@@H](C[C@H](C)C[C@H](O)[C@H](C)C(=O)N[C@@H](/C=C(\C)C(=O)O)CO)C(C)(C)C)N(C)C(=O)[C@H](C)N(C)C(=O)[C@@H](N)Cc1ccc(OC)cc1. The number of nitrogens with one attached hydrogen (secondary N) is 1. The van der Waals surface area contributed by atoms with Gasteiger partial charge < -0.3 is 45.8 Å². The number of carboxylic acid groups (broad SMARTS) is 1. The Morgan fingerprint density at radius 3 is 2.12 bits per heavy atom. The molecule has 0 bridgehead atoms. The number of benzene rings is 1. The van der Waals surface area contributed by atoms with Crippen molar-refractivity contribution < 1.29 is 48.8 Å². The molecular weight excluding hydrogens is 771 g/mol. The van der Waals surface area contributed by atoms with Crippen LogP contribution in [-0.2, 0) is 35.2 Å². The normalized spacial score (nSPS) is 19.1. The van der Waals surface area contributed by atoms with Crippen molar-refractivity contribution in [3.63, 3.8) is 0 Å². The van der Waals surface area contributed by atoms with E-state index in [2.05, 4.69) is 5.32 Å². The zero-order valence-corrected chi connectivity index (χ0v) is 37.9. The van der Waals surface area contributed by atoms with Crippen molar-refractivity contribution in [2.24, 2.45) is 34.8 Å². The first-order valence-corrected chi connectivity index (χ1v) is 21.2. The van der Waals surface area contributed by atoms with Gasteiger partial charge in [-0.1, -0.05) is 67.0 Å². The lowest BCUT2D eigenvalue weighted by Crippen LogP contribution is -2.59. The third kappa shape index (κ3) is 13.8. The Labute approximate surface area is 357 Å². The van der Waals surface area contributed by atoms with Crippen LogP contribution in [0.5, 0.6) is 5.75 Å². The minimum atomic E-state index is -1.18. The van der Waals surface area contributed by atoms with Crippen LogP contribution in [0.2, 0.25) is 0 Å². The number of likely N-dealkylation sites (N-methyl/N-ethyl adjacent to an activating group) is 2. The molecule has 10 atom stereocenters. The van der Waals surface area contributed by atoms with Crippen LogP contribution in [0.1, 0.15) is 100.0 Å². The second-order valence-corrected chi connectivity index (χ2v) is 18.0. The summed E-state index contributed by atoms with van der Waals surface area (Å²) >= 11 is 0. The molecule has 0 radical (unpaired) electrons. The highest BCUT2D eigenvalue weighted by molar-refractivity contribution is 5.96. The molecule has 0 unspecified atom stereocenters. The summed E-state index contributed by atoms with van der Waals surface area (Å²) in [4.78, 5) is 85.2. The maximum atomic E-state index is 14.6. The van der Waals surface area contributed by atoms with E-state index in [9.17, 15) is 39.0 Å². The van der Waals surface area contributed by atoms with Crippen molar-refractivity contribution in [3.05, 3.63) is 41.5 Å². The third-order valence-corrected chi connectivity index (χ3v) is 12.3. The van der Waals surface area contributed by atoms with Crippen molar-refractivity contribution in [1.82, 2.24) is 20.0 Å². The number of aliphatic hydroxyl groups excluding tert-OH is 2. The summed E-state index contributed by atoms with van der Waals surface area (Å²) in [5.41, 5.74) is 6.61. The van der Waals surface area contributed by atoms with Gasteiger partial charge in [-0.05, 0) is 87.0 Å². The third-order valence-electron chi connectivity index (χ3n) is 12.3. The lowest BCUT2D eigenvalue weighted by Gasteiger charge is -2.40. The monoisotopic (exact) mass is 844 g/mol. The smallest absolute Gasteiger partial charge is 0.331 e. The summed E-state index contributed by atoms with van der Waals surface area (Å²) in [6.45, 7) is 16.0. The van der Waals surface area contributed by atoms with Crippen LogP contribution in [0.15, 0.2) is 35.9 Å². The second-order valence-electron chi connectivity index (χ2n) is 18.0. The minimum Gasteiger partial charge on any atom is -0.497 e. The molecule has 15 heteroatoms. The van der Waals surface area contributed by atoms with Gasteiger partial charge in [0, 0.05) is 32.1 Å². The number of ether oxygens (including phenoxy) is 1. The number of aliphatic carboxylic acids is 1. The number of carbonyl (C=O) groups is 6. The molecule has 4 amide bonds. The molecule has 1 fully saturated rings. The number of hydrogen-bond acceptors (Lipinski definition) is 10. The molecule has 1 heterocycles. The summed E-state index contributed by atoms with van der Waals surface area (Å²) in [5, 5.41) is 32.5. The van der Waals surface area contributed by atoms with Gasteiger partial charge in [0.25, 0.3) is 0 Å². The molecule has 1 aromatic rings. The van der Waals surface area contributed by atoms with Gasteiger partial charge in [-0.25, -0.2) is 4.79 Å². The predicted molar refractivity (Wildman–Crippen MR) is 230 cm³/mol. The summed E-state index contributed by atoms with van der Waals surface area (Å²) in [7, 11) is 4.66. The van der Waals surface area contributed by atoms with Gasteiger partial charge in [-0.2, -0.15) is 0 Å². The first kappa shape index (κ1) is 51.8. The van der Waals surface area contributed by atoms with Gasteiger partial charge in [0.1, 0.15) is 17.8 Å². The van der Waals surface area contributed by atoms with Crippen molar-refractivity contribution in [2.45, 2.75) is 137 Å². The van der Waals surface area contributed by atoms with Crippen molar-refractivity contribution in [1.29, 1.82) is 0 Å². The van der Waals surface area contributed by atoms with E-state index in [1.807, 2.05) is 53.7 Å².